The Labute approximate surface area is 115 Å². The van der Waals surface area contributed by atoms with Crippen LogP contribution < -0.4 is 5.32 Å². The van der Waals surface area contributed by atoms with Gasteiger partial charge in [-0.05, 0) is 36.6 Å². The molecule has 2 rings (SSSR count). The van der Waals surface area contributed by atoms with Crippen LogP contribution in [-0.2, 0) is 12.8 Å². The van der Waals surface area contributed by atoms with Gasteiger partial charge in [0.25, 0.3) is 0 Å². The van der Waals surface area contributed by atoms with E-state index in [1.54, 1.807) is 0 Å². The van der Waals surface area contributed by atoms with Crippen LogP contribution in [0.1, 0.15) is 36.7 Å². The van der Waals surface area contributed by atoms with Crippen LogP contribution in [0.25, 0.3) is 0 Å². The van der Waals surface area contributed by atoms with Gasteiger partial charge in [-0.15, -0.1) is 0 Å². The van der Waals surface area contributed by atoms with E-state index in [9.17, 15) is 0 Å². The van der Waals surface area contributed by atoms with E-state index in [4.69, 9.17) is 0 Å². The third-order valence-corrected chi connectivity index (χ3v) is 3.37. The van der Waals surface area contributed by atoms with Crippen LogP contribution in [0.2, 0.25) is 0 Å². The van der Waals surface area contributed by atoms with Gasteiger partial charge in [-0.25, -0.2) is 0 Å². The summed E-state index contributed by atoms with van der Waals surface area (Å²) in [4.78, 5) is 4.60. The minimum absolute atomic E-state index is 0.295. The van der Waals surface area contributed by atoms with E-state index >= 15 is 0 Å². The number of hydrogen-bond donors (Lipinski definition) is 1. The lowest BCUT2D eigenvalue weighted by Crippen LogP contribution is -2.25. The Morgan fingerprint density at radius 2 is 1.84 bits per heavy atom. The Balaban J connectivity index is 2.24. The molecule has 1 aromatic carbocycles. The molecule has 0 radical (unpaired) electrons. The second-order valence-corrected chi connectivity index (χ2v) is 4.70. The van der Waals surface area contributed by atoms with Gasteiger partial charge in [-0.2, -0.15) is 0 Å². The highest BCUT2D eigenvalue weighted by molar-refractivity contribution is 5.26. The molecular formula is C17H22N2. The van der Waals surface area contributed by atoms with Crippen LogP contribution in [0.15, 0.2) is 48.7 Å². The molecule has 2 aromatic rings. The number of hydrogen-bond acceptors (Lipinski definition) is 2. The van der Waals surface area contributed by atoms with Crippen molar-refractivity contribution >= 4 is 0 Å². The first-order chi connectivity index (χ1) is 9.35. The van der Waals surface area contributed by atoms with E-state index in [0.717, 1.165) is 19.4 Å². The Kier molecular flexibility index (Phi) is 5.10. The molecule has 0 aliphatic heterocycles. The summed E-state index contributed by atoms with van der Waals surface area (Å²) in [5.41, 5.74) is 3.88. The van der Waals surface area contributed by atoms with Crippen molar-refractivity contribution in [2.24, 2.45) is 0 Å². The molecule has 0 saturated carbocycles. The van der Waals surface area contributed by atoms with Crippen LogP contribution in [0.3, 0.4) is 0 Å². The van der Waals surface area contributed by atoms with Gasteiger partial charge in [0.15, 0.2) is 0 Å². The van der Waals surface area contributed by atoms with E-state index in [-0.39, 0.29) is 0 Å². The number of likely N-dealkylation sites (N-methyl/N-ethyl adjacent to an activating group) is 1. The molecule has 0 amide bonds. The van der Waals surface area contributed by atoms with Crippen molar-refractivity contribution in [3.8, 4) is 0 Å². The fourth-order valence-electron chi connectivity index (χ4n) is 2.43. The van der Waals surface area contributed by atoms with Crippen LogP contribution in [0, 0.1) is 0 Å². The van der Waals surface area contributed by atoms with Gasteiger partial charge in [0.1, 0.15) is 0 Å². The Bertz CT molecular complexity index is 494. The van der Waals surface area contributed by atoms with Crippen molar-refractivity contribution < 1.29 is 0 Å². The fraction of sp³-hybridized carbons (Fsp3) is 0.353. The van der Waals surface area contributed by atoms with E-state index in [1.807, 2.05) is 12.3 Å². The Hall–Kier alpha value is -1.67. The molecule has 1 unspecified atom stereocenters. The summed E-state index contributed by atoms with van der Waals surface area (Å²) in [6.45, 7) is 5.29. The standard InChI is InChI=1S/C17H22N2/c1-3-15-11-8-12-19-17(15)16(18-4-2)13-14-9-6-5-7-10-14/h5-12,16,18H,3-4,13H2,1-2H3. The van der Waals surface area contributed by atoms with Gasteiger partial charge in [0.2, 0.25) is 0 Å². The predicted octanol–water partition coefficient (Wildman–Crippen LogP) is 3.54. The molecule has 1 atom stereocenters. The molecule has 0 fully saturated rings. The third-order valence-electron chi connectivity index (χ3n) is 3.37. The smallest absolute Gasteiger partial charge is 0.0608 e. The van der Waals surface area contributed by atoms with E-state index in [0.29, 0.717) is 6.04 Å². The SMILES string of the molecule is CCNC(Cc1ccccc1)c1ncccc1CC. The Morgan fingerprint density at radius 1 is 1.05 bits per heavy atom. The van der Waals surface area contributed by atoms with E-state index < -0.39 is 0 Å². The summed E-state index contributed by atoms with van der Waals surface area (Å²) >= 11 is 0. The molecule has 2 heteroatoms. The largest absolute Gasteiger partial charge is 0.309 e. The fourth-order valence-corrected chi connectivity index (χ4v) is 2.43. The number of nitrogens with one attached hydrogen (secondary N) is 1. The molecule has 0 saturated heterocycles. The predicted molar refractivity (Wildman–Crippen MR) is 80.2 cm³/mol. The molecule has 1 heterocycles. The van der Waals surface area contributed by atoms with Crippen LogP contribution in [0.4, 0.5) is 0 Å². The summed E-state index contributed by atoms with van der Waals surface area (Å²) in [5.74, 6) is 0. The molecule has 100 valence electrons. The van der Waals surface area contributed by atoms with Crippen molar-refractivity contribution in [2.75, 3.05) is 6.54 Å². The molecule has 19 heavy (non-hydrogen) atoms. The number of rotatable bonds is 6. The quantitative estimate of drug-likeness (QED) is 0.853. The van der Waals surface area contributed by atoms with Crippen molar-refractivity contribution in [1.29, 1.82) is 0 Å². The van der Waals surface area contributed by atoms with Crippen LogP contribution in [0.5, 0.6) is 0 Å². The highest BCUT2D eigenvalue weighted by Crippen LogP contribution is 2.20. The number of aromatic nitrogens is 1. The van der Waals surface area contributed by atoms with Crippen molar-refractivity contribution in [3.05, 3.63) is 65.5 Å². The lowest BCUT2D eigenvalue weighted by molar-refractivity contribution is 0.532. The molecule has 0 bridgehead atoms. The summed E-state index contributed by atoms with van der Waals surface area (Å²) in [5, 5.41) is 3.56. The second-order valence-electron chi connectivity index (χ2n) is 4.70. The number of pyridine rings is 1. The minimum Gasteiger partial charge on any atom is -0.309 e. The first-order valence-corrected chi connectivity index (χ1v) is 7.06. The zero-order chi connectivity index (χ0) is 13.5. The van der Waals surface area contributed by atoms with E-state index in [2.05, 4.69) is 60.5 Å². The maximum atomic E-state index is 4.60. The maximum Gasteiger partial charge on any atom is 0.0608 e. The van der Waals surface area contributed by atoms with Gasteiger partial charge in [-0.3, -0.25) is 4.98 Å². The van der Waals surface area contributed by atoms with Gasteiger partial charge < -0.3 is 5.32 Å². The van der Waals surface area contributed by atoms with Crippen molar-refractivity contribution in [2.45, 2.75) is 32.7 Å². The molecule has 0 spiro atoms. The normalized spacial score (nSPS) is 12.3. The zero-order valence-corrected chi connectivity index (χ0v) is 11.8. The molecule has 2 nitrogen and oxygen atoms in total. The summed E-state index contributed by atoms with van der Waals surface area (Å²) < 4.78 is 0. The number of benzene rings is 1. The van der Waals surface area contributed by atoms with Gasteiger partial charge in [0.05, 0.1) is 11.7 Å². The molecular weight excluding hydrogens is 232 g/mol. The van der Waals surface area contributed by atoms with Crippen LogP contribution >= 0.6 is 0 Å². The molecule has 0 aliphatic rings. The maximum absolute atomic E-state index is 4.60. The summed E-state index contributed by atoms with van der Waals surface area (Å²) in [6, 6.07) is 15.1. The molecule has 1 N–H and O–H groups in total. The Morgan fingerprint density at radius 3 is 2.53 bits per heavy atom. The highest BCUT2D eigenvalue weighted by Gasteiger charge is 2.15. The van der Waals surface area contributed by atoms with Crippen molar-refractivity contribution in [1.82, 2.24) is 10.3 Å². The van der Waals surface area contributed by atoms with Crippen LogP contribution in [-0.4, -0.2) is 11.5 Å². The van der Waals surface area contributed by atoms with Crippen molar-refractivity contribution in [3.63, 3.8) is 0 Å². The first-order valence-electron chi connectivity index (χ1n) is 7.06. The monoisotopic (exact) mass is 254 g/mol. The summed E-state index contributed by atoms with van der Waals surface area (Å²) in [6.07, 6.45) is 3.91. The van der Waals surface area contributed by atoms with Gasteiger partial charge in [-0.1, -0.05) is 50.2 Å². The van der Waals surface area contributed by atoms with Gasteiger partial charge >= 0.3 is 0 Å². The third kappa shape index (κ3) is 3.65. The average Bonchev–Trinajstić information content (AvgIpc) is 2.48. The number of nitrogens with zero attached hydrogens (tertiary/aromatic N) is 1. The molecule has 0 aliphatic carbocycles. The minimum atomic E-state index is 0.295. The summed E-state index contributed by atoms with van der Waals surface area (Å²) in [7, 11) is 0. The lowest BCUT2D eigenvalue weighted by Gasteiger charge is -2.20. The van der Waals surface area contributed by atoms with Gasteiger partial charge in [0, 0.05) is 6.20 Å². The van der Waals surface area contributed by atoms with E-state index in [1.165, 1.54) is 16.8 Å². The highest BCUT2D eigenvalue weighted by atomic mass is 14.9. The second kappa shape index (κ2) is 7.05. The topological polar surface area (TPSA) is 24.9 Å². The lowest BCUT2D eigenvalue weighted by atomic mass is 9.98. The zero-order valence-electron chi connectivity index (χ0n) is 11.8. The first kappa shape index (κ1) is 13.8. The molecule has 1 aromatic heterocycles. The number of aryl methyl sites for hydroxylation is 1. The average molecular weight is 254 g/mol.